The van der Waals surface area contributed by atoms with Crippen molar-refractivity contribution in [2.24, 2.45) is 0 Å². The van der Waals surface area contributed by atoms with Crippen molar-refractivity contribution in [1.29, 1.82) is 0 Å². The highest BCUT2D eigenvalue weighted by molar-refractivity contribution is 7.15. The van der Waals surface area contributed by atoms with E-state index in [2.05, 4.69) is 22.1 Å². The Kier molecular flexibility index (Phi) is 3.68. The van der Waals surface area contributed by atoms with Gasteiger partial charge < -0.3 is 19.6 Å². The quantitative estimate of drug-likeness (QED) is 0.531. The monoisotopic (exact) mass is 347 g/mol. The number of hydrogen-bond donors (Lipinski definition) is 0. The van der Waals surface area contributed by atoms with Crippen molar-refractivity contribution < 1.29 is 4.92 Å². The first-order valence-electron chi connectivity index (χ1n) is 7.91. The van der Waals surface area contributed by atoms with Crippen LogP contribution in [0, 0.1) is 10.1 Å². The van der Waals surface area contributed by atoms with Crippen LogP contribution in [-0.2, 0) is 6.54 Å². The van der Waals surface area contributed by atoms with Gasteiger partial charge in [-0.25, -0.2) is 0 Å². The van der Waals surface area contributed by atoms with Crippen LogP contribution in [0.2, 0.25) is 0 Å². The molecule has 0 saturated carbocycles. The van der Waals surface area contributed by atoms with E-state index >= 15 is 0 Å². The van der Waals surface area contributed by atoms with Crippen LogP contribution in [0.15, 0.2) is 17.9 Å². The normalized spacial score (nSPS) is 18.4. The van der Waals surface area contributed by atoms with Crippen molar-refractivity contribution in [3.05, 3.63) is 33.8 Å². The van der Waals surface area contributed by atoms with Gasteiger partial charge in [-0.3, -0.25) is 0 Å². The van der Waals surface area contributed by atoms with Crippen LogP contribution >= 0.6 is 11.3 Å². The molecule has 0 N–H and O–H groups in total. The zero-order valence-corrected chi connectivity index (χ0v) is 14.0. The number of aryl methyl sites for hydroxylation is 1. The topological polar surface area (TPSA) is 94.4 Å². The Morgan fingerprint density at radius 2 is 2.38 bits per heavy atom. The molecule has 1 aliphatic rings. The minimum atomic E-state index is -0.347. The summed E-state index contributed by atoms with van der Waals surface area (Å²) < 4.78 is 3.59. The molecule has 1 unspecified atom stereocenters. The maximum Gasteiger partial charge on any atom is 0.373 e. The molecule has 0 aliphatic carbocycles. The zero-order valence-electron chi connectivity index (χ0n) is 13.2. The SMILES string of the molecule is CCn1cnnc1C1CCCN(c2nc3sccn3c2[N+](=O)[O-])C1. The van der Waals surface area contributed by atoms with Crippen LogP contribution in [-0.4, -0.2) is 42.2 Å². The number of aromatic nitrogens is 5. The first-order valence-corrected chi connectivity index (χ1v) is 8.79. The summed E-state index contributed by atoms with van der Waals surface area (Å²) in [6, 6.07) is 0. The van der Waals surface area contributed by atoms with Gasteiger partial charge >= 0.3 is 5.82 Å². The molecule has 4 rings (SSSR count). The molecule has 4 heterocycles. The molecule has 1 fully saturated rings. The van der Waals surface area contributed by atoms with Crippen molar-refractivity contribution in [2.45, 2.75) is 32.2 Å². The molecule has 1 atom stereocenters. The van der Waals surface area contributed by atoms with Gasteiger partial charge in [-0.2, -0.15) is 9.38 Å². The van der Waals surface area contributed by atoms with Crippen molar-refractivity contribution in [2.75, 3.05) is 18.0 Å². The first-order chi connectivity index (χ1) is 11.7. The lowest BCUT2D eigenvalue weighted by Crippen LogP contribution is -2.36. The highest BCUT2D eigenvalue weighted by atomic mass is 32.1. The molecule has 126 valence electrons. The predicted octanol–water partition coefficient (Wildman–Crippen LogP) is 2.30. The number of nitro groups is 1. The molecule has 1 saturated heterocycles. The van der Waals surface area contributed by atoms with Crippen LogP contribution in [0.4, 0.5) is 11.6 Å². The fourth-order valence-electron chi connectivity index (χ4n) is 3.35. The second kappa shape index (κ2) is 5.86. The summed E-state index contributed by atoms with van der Waals surface area (Å²) in [4.78, 5) is 18.4. The smallest absolute Gasteiger partial charge is 0.358 e. The van der Waals surface area contributed by atoms with E-state index in [1.807, 2.05) is 14.8 Å². The van der Waals surface area contributed by atoms with E-state index in [0.29, 0.717) is 17.3 Å². The molecule has 0 bridgehead atoms. The molecule has 0 radical (unpaired) electrons. The van der Waals surface area contributed by atoms with Crippen molar-refractivity contribution in [3.8, 4) is 0 Å². The Morgan fingerprint density at radius 3 is 3.17 bits per heavy atom. The standard InChI is InChI=1S/C14H17N7O2S/c1-2-18-9-15-17-11(18)10-4-3-5-19(8-10)12-13(21(22)23)20-6-7-24-14(20)16-12/h6-7,9-10H,2-5,8H2,1H3. The summed E-state index contributed by atoms with van der Waals surface area (Å²) in [6.07, 6.45) is 5.39. The Balaban J connectivity index is 1.68. The molecular formula is C14H17N7O2S. The minimum absolute atomic E-state index is 0.0452. The van der Waals surface area contributed by atoms with E-state index in [1.165, 1.54) is 11.3 Å². The maximum absolute atomic E-state index is 11.5. The van der Waals surface area contributed by atoms with Gasteiger partial charge in [0, 0.05) is 30.9 Å². The average molecular weight is 347 g/mol. The van der Waals surface area contributed by atoms with Gasteiger partial charge in [0.05, 0.1) is 0 Å². The van der Waals surface area contributed by atoms with Crippen LogP contribution < -0.4 is 4.90 Å². The Bertz CT molecular complexity index is 883. The van der Waals surface area contributed by atoms with E-state index in [1.54, 1.807) is 16.9 Å². The number of hydrogen-bond acceptors (Lipinski definition) is 7. The molecule has 3 aromatic heterocycles. The molecule has 0 aromatic carbocycles. The molecule has 0 amide bonds. The number of anilines is 1. The maximum atomic E-state index is 11.5. The third-order valence-electron chi connectivity index (χ3n) is 4.46. The van der Waals surface area contributed by atoms with Crippen LogP contribution in [0.1, 0.15) is 31.5 Å². The van der Waals surface area contributed by atoms with Crippen molar-refractivity contribution >= 4 is 27.9 Å². The summed E-state index contributed by atoms with van der Waals surface area (Å²) in [6.45, 7) is 4.31. The molecular weight excluding hydrogens is 330 g/mol. The summed E-state index contributed by atoms with van der Waals surface area (Å²) in [7, 11) is 0. The lowest BCUT2D eigenvalue weighted by Gasteiger charge is -2.32. The molecule has 24 heavy (non-hydrogen) atoms. The second-order valence-electron chi connectivity index (χ2n) is 5.83. The van der Waals surface area contributed by atoms with Crippen molar-refractivity contribution in [3.63, 3.8) is 0 Å². The number of piperidine rings is 1. The highest BCUT2D eigenvalue weighted by Crippen LogP contribution is 2.35. The van der Waals surface area contributed by atoms with Crippen LogP contribution in [0.3, 0.4) is 0 Å². The number of imidazole rings is 1. The lowest BCUT2D eigenvalue weighted by atomic mass is 9.97. The van der Waals surface area contributed by atoms with Gasteiger partial charge in [0.2, 0.25) is 5.82 Å². The number of nitrogens with zero attached hydrogens (tertiary/aromatic N) is 7. The van der Waals surface area contributed by atoms with E-state index in [-0.39, 0.29) is 16.7 Å². The predicted molar refractivity (Wildman–Crippen MR) is 89.6 cm³/mol. The third kappa shape index (κ3) is 2.33. The largest absolute Gasteiger partial charge is 0.373 e. The van der Waals surface area contributed by atoms with E-state index in [9.17, 15) is 10.1 Å². The molecule has 1 aliphatic heterocycles. The molecule has 9 nitrogen and oxygen atoms in total. The second-order valence-corrected chi connectivity index (χ2v) is 6.71. The number of fused-ring (bicyclic) bond motifs is 1. The third-order valence-corrected chi connectivity index (χ3v) is 5.22. The lowest BCUT2D eigenvalue weighted by molar-refractivity contribution is -0.389. The summed E-state index contributed by atoms with van der Waals surface area (Å²) >= 11 is 1.40. The van der Waals surface area contributed by atoms with Gasteiger partial charge in [0.15, 0.2) is 0 Å². The Morgan fingerprint density at radius 1 is 1.50 bits per heavy atom. The average Bonchev–Trinajstić information content (AvgIpc) is 3.29. The molecule has 10 heteroatoms. The first kappa shape index (κ1) is 15.1. The summed E-state index contributed by atoms with van der Waals surface area (Å²) in [5.41, 5.74) is 0. The minimum Gasteiger partial charge on any atom is -0.358 e. The Hall–Kier alpha value is -2.49. The molecule has 0 spiro atoms. The van der Waals surface area contributed by atoms with Crippen LogP contribution in [0.25, 0.3) is 4.96 Å². The Labute approximate surface area is 141 Å². The fraction of sp³-hybridized carbons (Fsp3) is 0.500. The summed E-state index contributed by atoms with van der Waals surface area (Å²) in [5.74, 6) is 1.66. The van der Waals surface area contributed by atoms with Gasteiger partial charge in [0.25, 0.3) is 4.96 Å². The van der Waals surface area contributed by atoms with Gasteiger partial charge in [-0.1, -0.05) is 11.3 Å². The summed E-state index contributed by atoms with van der Waals surface area (Å²) in [5, 5.41) is 21.6. The highest BCUT2D eigenvalue weighted by Gasteiger charge is 2.32. The zero-order chi connectivity index (χ0) is 16.7. The molecule has 3 aromatic rings. The van der Waals surface area contributed by atoms with Crippen LogP contribution in [0.5, 0.6) is 0 Å². The van der Waals surface area contributed by atoms with Gasteiger partial charge in [0.1, 0.15) is 18.3 Å². The van der Waals surface area contributed by atoms with Gasteiger partial charge in [-0.05, 0) is 24.7 Å². The van der Waals surface area contributed by atoms with Crippen molar-refractivity contribution in [1.82, 2.24) is 24.1 Å². The number of rotatable bonds is 4. The van der Waals surface area contributed by atoms with E-state index in [0.717, 1.165) is 31.8 Å². The van der Waals surface area contributed by atoms with E-state index < -0.39 is 0 Å². The van der Waals surface area contributed by atoms with Gasteiger partial charge in [-0.15, -0.1) is 10.2 Å². The fourth-order valence-corrected chi connectivity index (χ4v) is 4.05. The van der Waals surface area contributed by atoms with E-state index in [4.69, 9.17) is 0 Å². The number of thiazole rings is 1.